The summed E-state index contributed by atoms with van der Waals surface area (Å²) in [6, 6.07) is 9.65. The summed E-state index contributed by atoms with van der Waals surface area (Å²) in [7, 11) is 3.75. The molecule has 0 fully saturated rings. The number of benzene rings is 1. The Morgan fingerprint density at radius 1 is 1.31 bits per heavy atom. The van der Waals surface area contributed by atoms with E-state index in [0.717, 1.165) is 5.69 Å². The van der Waals surface area contributed by atoms with E-state index in [1.807, 2.05) is 49.3 Å². The van der Waals surface area contributed by atoms with Gasteiger partial charge < -0.3 is 4.90 Å². The monoisotopic (exact) mass is 178 g/mol. The van der Waals surface area contributed by atoms with E-state index in [1.165, 1.54) is 0 Å². The van der Waals surface area contributed by atoms with Gasteiger partial charge in [0.25, 0.3) is 0 Å². The maximum absolute atomic E-state index is 5.30. The van der Waals surface area contributed by atoms with Gasteiger partial charge >= 0.3 is 0 Å². The molecule has 4 nitrogen and oxygen atoms in total. The number of para-hydroxylation sites is 1. The second-order valence-electron chi connectivity index (χ2n) is 2.81. The lowest BCUT2D eigenvalue weighted by Gasteiger charge is -2.13. The maximum Gasteiger partial charge on any atom is 0.213 e. The Hall–Kier alpha value is -1.55. The molecule has 70 valence electrons. The predicted octanol–water partition coefficient (Wildman–Crippen LogP) is 0.699. The largest absolute Gasteiger partial charge is 0.348 e. The molecule has 4 heteroatoms. The quantitative estimate of drug-likeness (QED) is 0.288. The van der Waals surface area contributed by atoms with Crippen LogP contribution in [0.3, 0.4) is 0 Å². The molecule has 0 spiro atoms. The summed E-state index contributed by atoms with van der Waals surface area (Å²) in [5.74, 6) is 5.93. The van der Waals surface area contributed by atoms with Gasteiger partial charge in [-0.3, -0.25) is 5.43 Å². The van der Waals surface area contributed by atoms with E-state index in [2.05, 4.69) is 10.4 Å². The summed E-state index contributed by atoms with van der Waals surface area (Å²) in [5, 5.41) is 0. The highest BCUT2D eigenvalue weighted by Crippen LogP contribution is 2.09. The summed E-state index contributed by atoms with van der Waals surface area (Å²) in [6.45, 7) is 0. The molecule has 1 rings (SSSR count). The van der Waals surface area contributed by atoms with Crippen molar-refractivity contribution in [2.45, 2.75) is 0 Å². The van der Waals surface area contributed by atoms with Crippen LogP contribution in [0, 0.1) is 0 Å². The van der Waals surface area contributed by atoms with Gasteiger partial charge in [-0.1, -0.05) is 18.2 Å². The highest BCUT2D eigenvalue weighted by Gasteiger charge is 1.97. The normalized spacial score (nSPS) is 11.2. The second kappa shape index (κ2) is 4.47. The minimum absolute atomic E-state index is 0.631. The van der Waals surface area contributed by atoms with Crippen LogP contribution in [0.2, 0.25) is 0 Å². The zero-order valence-corrected chi connectivity index (χ0v) is 7.86. The van der Waals surface area contributed by atoms with Gasteiger partial charge in [-0.2, -0.15) is 0 Å². The van der Waals surface area contributed by atoms with Crippen LogP contribution in [0.4, 0.5) is 5.69 Å². The lowest BCUT2D eigenvalue weighted by atomic mass is 10.3. The SMILES string of the molecule is CN(C)C(=Nc1ccccc1)NN. The van der Waals surface area contributed by atoms with E-state index in [1.54, 1.807) is 0 Å². The molecule has 13 heavy (non-hydrogen) atoms. The molecule has 0 heterocycles. The zero-order valence-electron chi connectivity index (χ0n) is 7.86. The first-order chi connectivity index (χ1) is 6.24. The van der Waals surface area contributed by atoms with E-state index >= 15 is 0 Å². The molecule has 3 N–H and O–H groups in total. The van der Waals surface area contributed by atoms with Gasteiger partial charge in [0.05, 0.1) is 5.69 Å². The van der Waals surface area contributed by atoms with Crippen LogP contribution in [-0.4, -0.2) is 25.0 Å². The number of hydrogen-bond acceptors (Lipinski definition) is 2. The van der Waals surface area contributed by atoms with Crippen molar-refractivity contribution in [2.24, 2.45) is 10.8 Å². The van der Waals surface area contributed by atoms with E-state index < -0.39 is 0 Å². The molecule has 1 aromatic carbocycles. The van der Waals surface area contributed by atoms with Crippen molar-refractivity contribution in [2.75, 3.05) is 14.1 Å². The van der Waals surface area contributed by atoms with Crippen molar-refractivity contribution in [3.63, 3.8) is 0 Å². The summed E-state index contributed by atoms with van der Waals surface area (Å²) >= 11 is 0. The van der Waals surface area contributed by atoms with Crippen LogP contribution in [0.1, 0.15) is 0 Å². The van der Waals surface area contributed by atoms with Crippen LogP contribution in [-0.2, 0) is 0 Å². The van der Waals surface area contributed by atoms with Crippen LogP contribution in [0.25, 0.3) is 0 Å². The van der Waals surface area contributed by atoms with Gasteiger partial charge in [0.1, 0.15) is 0 Å². The molecule has 0 aliphatic rings. The van der Waals surface area contributed by atoms with Crippen LogP contribution in [0.15, 0.2) is 35.3 Å². The van der Waals surface area contributed by atoms with Gasteiger partial charge in [0, 0.05) is 14.1 Å². The number of nitrogens with one attached hydrogen (secondary N) is 1. The molecule has 0 radical (unpaired) electrons. The maximum atomic E-state index is 5.30. The highest BCUT2D eigenvalue weighted by molar-refractivity contribution is 5.81. The Kier molecular flexibility index (Phi) is 3.28. The lowest BCUT2D eigenvalue weighted by molar-refractivity contribution is 0.590. The summed E-state index contributed by atoms with van der Waals surface area (Å²) in [6.07, 6.45) is 0. The number of hydrogen-bond donors (Lipinski definition) is 2. The lowest BCUT2D eigenvalue weighted by Crippen LogP contribution is -2.40. The molecule has 0 atom stereocenters. The molecular formula is C9H14N4. The van der Waals surface area contributed by atoms with E-state index in [4.69, 9.17) is 5.84 Å². The summed E-state index contributed by atoms with van der Waals surface area (Å²) < 4.78 is 0. The van der Waals surface area contributed by atoms with Crippen LogP contribution >= 0.6 is 0 Å². The first-order valence-electron chi connectivity index (χ1n) is 4.01. The van der Waals surface area contributed by atoms with E-state index in [0.29, 0.717) is 5.96 Å². The van der Waals surface area contributed by atoms with Crippen molar-refractivity contribution in [3.05, 3.63) is 30.3 Å². The Labute approximate surface area is 78.0 Å². The third kappa shape index (κ3) is 2.76. The average Bonchev–Trinajstić information content (AvgIpc) is 2.15. The van der Waals surface area contributed by atoms with Crippen LogP contribution < -0.4 is 11.3 Å². The third-order valence-electron chi connectivity index (χ3n) is 1.54. The smallest absolute Gasteiger partial charge is 0.213 e. The Morgan fingerprint density at radius 3 is 2.38 bits per heavy atom. The molecular weight excluding hydrogens is 164 g/mol. The molecule has 0 unspecified atom stereocenters. The zero-order chi connectivity index (χ0) is 9.68. The Bertz CT molecular complexity index is 279. The molecule has 0 saturated carbocycles. The van der Waals surface area contributed by atoms with Gasteiger partial charge in [-0.25, -0.2) is 10.8 Å². The molecule has 0 aromatic heterocycles. The van der Waals surface area contributed by atoms with Gasteiger partial charge in [0.2, 0.25) is 5.96 Å². The van der Waals surface area contributed by atoms with E-state index in [9.17, 15) is 0 Å². The predicted molar refractivity (Wildman–Crippen MR) is 54.5 cm³/mol. The Balaban J connectivity index is 2.85. The number of rotatable bonds is 1. The highest BCUT2D eigenvalue weighted by atomic mass is 15.4. The number of nitrogens with zero attached hydrogens (tertiary/aromatic N) is 2. The first-order valence-corrected chi connectivity index (χ1v) is 4.01. The summed E-state index contributed by atoms with van der Waals surface area (Å²) in [4.78, 5) is 6.10. The average molecular weight is 178 g/mol. The minimum Gasteiger partial charge on any atom is -0.348 e. The fraction of sp³-hybridized carbons (Fsp3) is 0.222. The fourth-order valence-corrected chi connectivity index (χ4v) is 0.886. The van der Waals surface area contributed by atoms with Crippen molar-refractivity contribution in [3.8, 4) is 0 Å². The number of guanidine groups is 1. The van der Waals surface area contributed by atoms with Crippen molar-refractivity contribution < 1.29 is 0 Å². The number of hydrazine groups is 1. The standard InChI is InChI=1S/C9H14N4/c1-13(2)9(12-10)11-8-6-4-3-5-7-8/h3-7H,10H2,1-2H3,(H,11,12). The molecule has 0 saturated heterocycles. The molecule has 0 aliphatic carbocycles. The molecule has 1 aromatic rings. The second-order valence-corrected chi connectivity index (χ2v) is 2.81. The van der Waals surface area contributed by atoms with Gasteiger partial charge in [-0.05, 0) is 12.1 Å². The number of nitrogens with two attached hydrogens (primary N) is 1. The van der Waals surface area contributed by atoms with E-state index in [-0.39, 0.29) is 0 Å². The van der Waals surface area contributed by atoms with Crippen molar-refractivity contribution in [1.29, 1.82) is 0 Å². The van der Waals surface area contributed by atoms with Crippen molar-refractivity contribution >= 4 is 11.6 Å². The molecule has 0 amide bonds. The Morgan fingerprint density at radius 2 is 1.92 bits per heavy atom. The van der Waals surface area contributed by atoms with Gasteiger partial charge in [-0.15, -0.1) is 0 Å². The van der Waals surface area contributed by atoms with Crippen molar-refractivity contribution in [1.82, 2.24) is 10.3 Å². The number of aliphatic imine (C=N–C) groups is 1. The topological polar surface area (TPSA) is 53.6 Å². The fourth-order valence-electron chi connectivity index (χ4n) is 0.886. The summed E-state index contributed by atoms with van der Waals surface area (Å²) in [5.41, 5.74) is 3.40. The molecule has 0 bridgehead atoms. The van der Waals surface area contributed by atoms with Gasteiger partial charge in [0.15, 0.2) is 0 Å². The minimum atomic E-state index is 0.631. The molecule has 0 aliphatic heterocycles. The van der Waals surface area contributed by atoms with Crippen LogP contribution in [0.5, 0.6) is 0 Å². The third-order valence-corrected chi connectivity index (χ3v) is 1.54. The first kappa shape index (κ1) is 9.54.